The third-order valence-corrected chi connectivity index (χ3v) is 5.67. The first-order valence-corrected chi connectivity index (χ1v) is 10.3. The van der Waals surface area contributed by atoms with Gasteiger partial charge in [0.2, 0.25) is 0 Å². The van der Waals surface area contributed by atoms with Gasteiger partial charge in [-0.15, -0.1) is 0 Å². The number of aromatic amines is 1. The first kappa shape index (κ1) is 19.7. The lowest BCUT2D eigenvalue weighted by atomic mass is 9.80. The summed E-state index contributed by atoms with van der Waals surface area (Å²) in [6.07, 6.45) is 7.92. The van der Waals surface area contributed by atoms with Gasteiger partial charge in [-0.25, -0.2) is 4.98 Å². The van der Waals surface area contributed by atoms with Crippen LogP contribution in [0.15, 0.2) is 55.4 Å². The van der Waals surface area contributed by atoms with Crippen molar-refractivity contribution in [1.82, 2.24) is 9.97 Å². The van der Waals surface area contributed by atoms with E-state index in [1.807, 2.05) is 30.5 Å². The van der Waals surface area contributed by atoms with Crippen molar-refractivity contribution in [3.8, 4) is 5.75 Å². The second-order valence-electron chi connectivity index (χ2n) is 7.75. The normalized spacial score (nSPS) is 19.2. The van der Waals surface area contributed by atoms with Crippen molar-refractivity contribution in [3.63, 3.8) is 0 Å². The van der Waals surface area contributed by atoms with E-state index < -0.39 is 7.12 Å². The maximum Gasteiger partial charge on any atom is 0.519 e. The van der Waals surface area contributed by atoms with E-state index in [1.165, 1.54) is 5.56 Å². The molecule has 5 nitrogen and oxygen atoms in total. The van der Waals surface area contributed by atoms with Crippen LogP contribution in [0.5, 0.6) is 5.75 Å². The number of benzene rings is 1. The number of H-pyrrole nitrogens is 1. The zero-order valence-corrected chi connectivity index (χ0v) is 16.8. The summed E-state index contributed by atoms with van der Waals surface area (Å²) in [7, 11) is -0.901. The van der Waals surface area contributed by atoms with Gasteiger partial charge in [-0.2, -0.15) is 0 Å². The van der Waals surface area contributed by atoms with E-state index in [1.54, 1.807) is 13.0 Å². The second-order valence-corrected chi connectivity index (χ2v) is 7.75. The molecule has 1 saturated carbocycles. The van der Waals surface area contributed by atoms with Gasteiger partial charge < -0.3 is 19.4 Å². The molecule has 0 saturated heterocycles. The van der Waals surface area contributed by atoms with Crippen LogP contribution in [0.3, 0.4) is 0 Å². The van der Waals surface area contributed by atoms with Crippen molar-refractivity contribution in [2.75, 3.05) is 0 Å². The molecule has 2 heterocycles. The highest BCUT2D eigenvalue weighted by Gasteiger charge is 2.27. The molecule has 0 unspecified atom stereocenters. The number of nitrogens with one attached hydrogen (secondary N) is 1. The van der Waals surface area contributed by atoms with Crippen molar-refractivity contribution >= 4 is 23.7 Å². The molecule has 150 valence electrons. The van der Waals surface area contributed by atoms with Crippen LogP contribution in [0.2, 0.25) is 6.82 Å². The summed E-state index contributed by atoms with van der Waals surface area (Å²) in [6, 6.07) is 12.3. The zero-order valence-electron chi connectivity index (χ0n) is 16.8. The molecule has 3 aromatic rings. The lowest BCUT2D eigenvalue weighted by Crippen LogP contribution is -2.23. The molecular formula is C23H27BN2O3. The molecule has 0 bridgehead atoms. The van der Waals surface area contributed by atoms with E-state index in [0.717, 1.165) is 47.9 Å². The summed E-state index contributed by atoms with van der Waals surface area (Å²) < 4.78 is 11.8. The molecule has 1 aromatic carbocycles. The molecule has 4 rings (SSSR count). The van der Waals surface area contributed by atoms with Gasteiger partial charge in [0.15, 0.2) is 0 Å². The minimum atomic E-state index is -0.901. The number of aromatic nitrogens is 2. The smallest absolute Gasteiger partial charge is 0.519 e. The average molecular weight is 390 g/mol. The van der Waals surface area contributed by atoms with Crippen LogP contribution in [-0.4, -0.2) is 28.2 Å². The lowest BCUT2D eigenvalue weighted by molar-refractivity contribution is 0.0118. The van der Waals surface area contributed by atoms with Gasteiger partial charge in [0, 0.05) is 17.1 Å². The number of hydrogen-bond acceptors (Lipinski definition) is 4. The average Bonchev–Trinajstić information content (AvgIpc) is 3.21. The van der Waals surface area contributed by atoms with Crippen LogP contribution in [0.25, 0.3) is 16.6 Å². The number of allylic oxidation sites excluding steroid dienone is 1. The minimum absolute atomic E-state index is 0.289. The first-order chi connectivity index (χ1) is 14.1. The predicted octanol–water partition coefficient (Wildman–Crippen LogP) is 4.84. The molecule has 29 heavy (non-hydrogen) atoms. The quantitative estimate of drug-likeness (QED) is 0.567. The molecule has 0 spiro atoms. The van der Waals surface area contributed by atoms with Gasteiger partial charge in [-0.3, -0.25) is 0 Å². The van der Waals surface area contributed by atoms with Crippen molar-refractivity contribution in [1.29, 1.82) is 0 Å². The van der Waals surface area contributed by atoms with Crippen LogP contribution in [0, 0.1) is 5.92 Å². The molecule has 0 aliphatic heterocycles. The SMILES string of the molecule is C=C(c1c(OB(C)O)cnc2[nH]ccc12)C1CCC(OCc2ccccc2)CC1. The Hall–Kier alpha value is -2.57. The van der Waals surface area contributed by atoms with Gasteiger partial charge in [0.1, 0.15) is 11.4 Å². The van der Waals surface area contributed by atoms with Crippen LogP contribution < -0.4 is 4.65 Å². The van der Waals surface area contributed by atoms with E-state index in [2.05, 4.69) is 28.7 Å². The largest absolute Gasteiger partial charge is 0.535 e. The molecule has 2 aromatic heterocycles. The summed E-state index contributed by atoms with van der Waals surface area (Å²) in [4.78, 5) is 7.54. The highest BCUT2D eigenvalue weighted by molar-refractivity contribution is 6.41. The number of fused-ring (bicyclic) bond motifs is 1. The number of hydrogen-bond donors (Lipinski definition) is 2. The summed E-state index contributed by atoms with van der Waals surface area (Å²) in [5, 5.41) is 10.7. The maximum absolute atomic E-state index is 9.73. The molecule has 1 fully saturated rings. The monoisotopic (exact) mass is 390 g/mol. The third kappa shape index (κ3) is 4.55. The topological polar surface area (TPSA) is 67.4 Å². The van der Waals surface area contributed by atoms with Crippen LogP contribution in [0.4, 0.5) is 0 Å². The summed E-state index contributed by atoms with van der Waals surface area (Å²) in [5.41, 5.74) is 4.02. The Bertz CT molecular complexity index is 963. The molecule has 0 amide bonds. The van der Waals surface area contributed by atoms with E-state index in [-0.39, 0.29) is 6.10 Å². The van der Waals surface area contributed by atoms with Crippen LogP contribution >= 0.6 is 0 Å². The Balaban J connectivity index is 1.44. The van der Waals surface area contributed by atoms with E-state index in [9.17, 15) is 5.02 Å². The molecule has 1 aliphatic carbocycles. The molecule has 0 atom stereocenters. The predicted molar refractivity (Wildman–Crippen MR) is 117 cm³/mol. The highest BCUT2D eigenvalue weighted by atomic mass is 16.5. The van der Waals surface area contributed by atoms with Gasteiger partial charge >= 0.3 is 7.12 Å². The standard InChI is InChI=1S/C23H27BN2O3/c1-16(22-20-12-13-25-23(20)26-14-21(22)29-24(2)27)18-8-10-19(11-9-18)28-15-17-6-4-3-5-7-17/h3-7,12-14,18-19,27H,1,8-11,15H2,2H3,(H,25,26). The highest BCUT2D eigenvalue weighted by Crippen LogP contribution is 2.41. The van der Waals surface area contributed by atoms with Crippen molar-refractivity contribution in [3.05, 3.63) is 66.5 Å². The fourth-order valence-electron chi connectivity index (χ4n) is 4.16. The number of ether oxygens (including phenoxy) is 1. The van der Waals surface area contributed by atoms with Gasteiger partial charge in [0.05, 0.1) is 18.9 Å². The number of rotatable bonds is 7. The Morgan fingerprint density at radius 3 is 2.69 bits per heavy atom. The van der Waals surface area contributed by atoms with Gasteiger partial charge in [-0.1, -0.05) is 36.9 Å². The Morgan fingerprint density at radius 1 is 1.21 bits per heavy atom. The molecule has 1 aliphatic rings. The number of nitrogens with zero attached hydrogens (tertiary/aromatic N) is 1. The zero-order chi connectivity index (χ0) is 20.2. The van der Waals surface area contributed by atoms with Crippen LogP contribution in [-0.2, 0) is 11.3 Å². The van der Waals surface area contributed by atoms with Crippen LogP contribution in [0.1, 0.15) is 36.8 Å². The maximum atomic E-state index is 9.73. The van der Waals surface area contributed by atoms with E-state index >= 15 is 0 Å². The molecule has 0 radical (unpaired) electrons. The van der Waals surface area contributed by atoms with Gasteiger partial charge in [-0.05, 0) is 55.6 Å². The molecule has 6 heteroatoms. The van der Waals surface area contributed by atoms with E-state index in [4.69, 9.17) is 9.39 Å². The lowest BCUT2D eigenvalue weighted by Gasteiger charge is -2.30. The fourth-order valence-corrected chi connectivity index (χ4v) is 4.16. The molecule has 2 N–H and O–H groups in total. The first-order valence-electron chi connectivity index (χ1n) is 10.3. The molecular weight excluding hydrogens is 363 g/mol. The third-order valence-electron chi connectivity index (χ3n) is 5.67. The van der Waals surface area contributed by atoms with E-state index in [0.29, 0.717) is 18.3 Å². The second kappa shape index (κ2) is 8.85. The Labute approximate surface area is 171 Å². The Morgan fingerprint density at radius 2 is 1.97 bits per heavy atom. The van der Waals surface area contributed by atoms with Gasteiger partial charge in [0.25, 0.3) is 0 Å². The summed E-state index contributed by atoms with van der Waals surface area (Å²) in [6.45, 7) is 6.69. The Kier molecular flexibility index (Phi) is 6.02. The van der Waals surface area contributed by atoms with Crippen molar-refractivity contribution < 1.29 is 14.4 Å². The summed E-state index contributed by atoms with van der Waals surface area (Å²) >= 11 is 0. The van der Waals surface area contributed by atoms with Crippen molar-refractivity contribution in [2.24, 2.45) is 5.92 Å². The van der Waals surface area contributed by atoms with Crippen molar-refractivity contribution in [2.45, 2.75) is 45.2 Å². The minimum Gasteiger partial charge on any atom is -0.535 e. The fraction of sp³-hybridized carbons (Fsp3) is 0.348. The number of pyridine rings is 1. The summed E-state index contributed by atoms with van der Waals surface area (Å²) in [5.74, 6) is 0.947.